The fourth-order valence-corrected chi connectivity index (χ4v) is 4.01. The van der Waals surface area contributed by atoms with E-state index in [1.54, 1.807) is 48.8 Å². The van der Waals surface area contributed by atoms with Crippen molar-refractivity contribution in [1.82, 2.24) is 20.0 Å². The van der Waals surface area contributed by atoms with Gasteiger partial charge in [0.05, 0.1) is 17.0 Å². The normalized spacial score (nSPS) is 20.5. The molecule has 0 aliphatic carbocycles. The van der Waals surface area contributed by atoms with Crippen LogP contribution in [0.15, 0.2) is 58.2 Å². The van der Waals surface area contributed by atoms with Gasteiger partial charge in [0.15, 0.2) is 9.84 Å². The predicted octanol–water partition coefficient (Wildman–Crippen LogP) is 1.84. The quantitative estimate of drug-likeness (QED) is 0.691. The first-order chi connectivity index (χ1) is 13.4. The average Bonchev–Trinajstić information content (AvgIpc) is 3.29. The number of hydrogen-bond acceptors (Lipinski definition) is 8. The van der Waals surface area contributed by atoms with Crippen molar-refractivity contribution in [3.8, 4) is 11.4 Å². The minimum Gasteiger partial charge on any atom is -0.392 e. The number of hydrogen-bond donors (Lipinski definition) is 1. The van der Waals surface area contributed by atoms with Crippen molar-refractivity contribution in [3.63, 3.8) is 0 Å². The van der Waals surface area contributed by atoms with Gasteiger partial charge >= 0.3 is 0 Å². The van der Waals surface area contributed by atoms with E-state index in [0.29, 0.717) is 31.2 Å². The van der Waals surface area contributed by atoms with Crippen molar-refractivity contribution in [2.24, 2.45) is 0 Å². The summed E-state index contributed by atoms with van der Waals surface area (Å²) in [4.78, 5) is 10.8. The Bertz CT molecular complexity index is 1050. The summed E-state index contributed by atoms with van der Waals surface area (Å²) in [6.07, 6.45) is 4.52. The average molecular weight is 400 g/mol. The number of pyridine rings is 1. The molecule has 3 heterocycles. The lowest BCUT2D eigenvalue weighted by Crippen LogP contribution is -2.24. The van der Waals surface area contributed by atoms with Crippen molar-refractivity contribution in [2.75, 3.05) is 12.8 Å². The molecule has 0 saturated carbocycles. The van der Waals surface area contributed by atoms with Crippen molar-refractivity contribution in [1.29, 1.82) is 0 Å². The molecule has 4 rings (SSSR count). The molecule has 1 N–H and O–H groups in total. The van der Waals surface area contributed by atoms with E-state index in [1.165, 1.54) is 6.26 Å². The zero-order valence-electron chi connectivity index (χ0n) is 15.3. The van der Waals surface area contributed by atoms with Gasteiger partial charge in [-0.15, -0.1) is 0 Å². The van der Waals surface area contributed by atoms with E-state index in [-0.39, 0.29) is 10.9 Å². The smallest absolute Gasteiger partial charge is 0.244 e. The summed E-state index contributed by atoms with van der Waals surface area (Å²) in [7, 11) is -3.22. The van der Waals surface area contributed by atoms with Crippen LogP contribution >= 0.6 is 0 Å². The summed E-state index contributed by atoms with van der Waals surface area (Å²) < 4.78 is 28.7. The number of rotatable bonds is 5. The Morgan fingerprint density at radius 1 is 1.18 bits per heavy atom. The van der Waals surface area contributed by atoms with Crippen LogP contribution in [0.3, 0.4) is 0 Å². The molecule has 0 radical (unpaired) electrons. The van der Waals surface area contributed by atoms with Crippen LogP contribution in [0.4, 0.5) is 0 Å². The van der Waals surface area contributed by atoms with E-state index >= 15 is 0 Å². The highest BCUT2D eigenvalue weighted by Crippen LogP contribution is 2.33. The lowest BCUT2D eigenvalue weighted by molar-refractivity contribution is 0.169. The van der Waals surface area contributed by atoms with E-state index in [4.69, 9.17) is 4.52 Å². The van der Waals surface area contributed by atoms with Crippen molar-refractivity contribution in [3.05, 3.63) is 60.2 Å². The summed E-state index contributed by atoms with van der Waals surface area (Å²) in [5.41, 5.74) is 1.76. The first-order valence-electron chi connectivity index (χ1n) is 8.85. The number of aromatic nitrogens is 3. The van der Waals surface area contributed by atoms with Gasteiger partial charge in [-0.05, 0) is 36.2 Å². The predicted molar refractivity (Wildman–Crippen MR) is 101 cm³/mol. The van der Waals surface area contributed by atoms with E-state index in [2.05, 4.69) is 20.0 Å². The highest BCUT2D eigenvalue weighted by molar-refractivity contribution is 7.90. The zero-order valence-corrected chi connectivity index (χ0v) is 16.1. The second kappa shape index (κ2) is 7.42. The molecular weight excluding hydrogens is 380 g/mol. The highest BCUT2D eigenvalue weighted by Gasteiger charge is 2.36. The van der Waals surface area contributed by atoms with Crippen LogP contribution in [0.5, 0.6) is 0 Å². The second-order valence-electron chi connectivity index (χ2n) is 6.94. The summed E-state index contributed by atoms with van der Waals surface area (Å²) in [5.74, 6) is 0.937. The van der Waals surface area contributed by atoms with Crippen LogP contribution < -0.4 is 0 Å². The van der Waals surface area contributed by atoms with Gasteiger partial charge in [-0.1, -0.05) is 17.3 Å². The molecule has 1 aliphatic heterocycles. The second-order valence-corrected chi connectivity index (χ2v) is 8.96. The third-order valence-corrected chi connectivity index (χ3v) is 5.91. The summed E-state index contributed by atoms with van der Waals surface area (Å²) >= 11 is 0. The number of benzene rings is 1. The molecule has 28 heavy (non-hydrogen) atoms. The molecular formula is C19H20N4O4S. The molecule has 2 atom stereocenters. The Morgan fingerprint density at radius 2 is 1.89 bits per heavy atom. The third kappa shape index (κ3) is 3.96. The lowest BCUT2D eigenvalue weighted by atomic mass is 10.1. The monoisotopic (exact) mass is 400 g/mol. The molecule has 1 saturated heterocycles. The van der Waals surface area contributed by atoms with Crippen LogP contribution in [-0.2, 0) is 16.4 Å². The number of aliphatic hydroxyl groups is 1. The minimum atomic E-state index is -3.22. The van der Waals surface area contributed by atoms with E-state index < -0.39 is 15.9 Å². The van der Waals surface area contributed by atoms with E-state index in [0.717, 1.165) is 11.1 Å². The van der Waals surface area contributed by atoms with Gasteiger partial charge in [0.1, 0.15) is 0 Å². The molecule has 1 aliphatic rings. The maximum Gasteiger partial charge on any atom is 0.244 e. The summed E-state index contributed by atoms with van der Waals surface area (Å²) in [5, 5.41) is 14.2. The van der Waals surface area contributed by atoms with Crippen LogP contribution in [0, 0.1) is 0 Å². The Balaban J connectivity index is 1.54. The first-order valence-corrected chi connectivity index (χ1v) is 10.7. The molecule has 2 aromatic heterocycles. The minimum absolute atomic E-state index is 0.201. The van der Waals surface area contributed by atoms with Crippen molar-refractivity contribution in [2.45, 2.75) is 30.0 Å². The maximum atomic E-state index is 11.6. The van der Waals surface area contributed by atoms with Gasteiger partial charge in [-0.3, -0.25) is 9.88 Å². The highest BCUT2D eigenvalue weighted by atomic mass is 32.2. The molecule has 0 bridgehead atoms. The van der Waals surface area contributed by atoms with Gasteiger partial charge in [0, 0.05) is 37.3 Å². The van der Waals surface area contributed by atoms with Gasteiger partial charge in [0.25, 0.3) is 0 Å². The number of likely N-dealkylation sites (tertiary alicyclic amines) is 1. The number of nitrogens with zero attached hydrogens (tertiary/aromatic N) is 4. The third-order valence-electron chi connectivity index (χ3n) is 4.78. The topological polar surface area (TPSA) is 109 Å². The SMILES string of the molecule is CS(=O)(=O)c1ccc(CN2CC(O)CC2c2nc(-c3ccncc3)no2)cc1. The number of β-amino-alcohol motifs (C(OH)–C–C–N with tert-alkyl or cyclic N) is 1. The number of sulfone groups is 1. The van der Waals surface area contributed by atoms with E-state index in [9.17, 15) is 13.5 Å². The molecule has 9 heteroatoms. The van der Waals surface area contributed by atoms with Gasteiger partial charge in [-0.25, -0.2) is 8.42 Å². The first kappa shape index (κ1) is 18.7. The molecule has 2 unspecified atom stereocenters. The largest absolute Gasteiger partial charge is 0.392 e. The fourth-order valence-electron chi connectivity index (χ4n) is 3.38. The number of aliphatic hydroxyl groups excluding tert-OH is 1. The van der Waals surface area contributed by atoms with Gasteiger partial charge < -0.3 is 9.63 Å². The fraction of sp³-hybridized carbons (Fsp3) is 0.316. The van der Waals surface area contributed by atoms with Crippen LogP contribution in [-0.4, -0.2) is 52.5 Å². The van der Waals surface area contributed by atoms with Crippen molar-refractivity contribution < 1.29 is 18.0 Å². The molecule has 1 aromatic carbocycles. The molecule has 0 amide bonds. The van der Waals surface area contributed by atoms with Gasteiger partial charge in [0.2, 0.25) is 11.7 Å². The van der Waals surface area contributed by atoms with Gasteiger partial charge in [-0.2, -0.15) is 4.98 Å². The van der Waals surface area contributed by atoms with Crippen LogP contribution in [0.25, 0.3) is 11.4 Å². The standard InChI is InChI=1S/C19H20N4O4S/c1-28(25,26)16-4-2-13(3-5-16)11-23-12-15(24)10-17(23)19-21-18(22-27-19)14-6-8-20-9-7-14/h2-9,15,17,24H,10-12H2,1H3. The molecule has 1 fully saturated rings. The lowest BCUT2D eigenvalue weighted by Gasteiger charge is -2.21. The van der Waals surface area contributed by atoms with Crippen molar-refractivity contribution >= 4 is 9.84 Å². The van der Waals surface area contributed by atoms with Crippen LogP contribution in [0.1, 0.15) is 23.9 Å². The Kier molecular flexibility index (Phi) is 4.96. The van der Waals surface area contributed by atoms with Crippen LogP contribution in [0.2, 0.25) is 0 Å². The summed E-state index contributed by atoms with van der Waals surface area (Å²) in [6.45, 7) is 1.02. The Labute approximate surface area is 162 Å². The molecule has 146 valence electrons. The maximum absolute atomic E-state index is 11.6. The molecule has 0 spiro atoms. The molecule has 3 aromatic rings. The Morgan fingerprint density at radius 3 is 2.57 bits per heavy atom. The summed E-state index contributed by atoms with van der Waals surface area (Å²) in [6, 6.07) is 10.2. The Hall–Kier alpha value is -2.62. The van der Waals surface area contributed by atoms with E-state index in [1.807, 2.05) is 0 Å². The molecule has 8 nitrogen and oxygen atoms in total. The zero-order chi connectivity index (χ0) is 19.7.